The van der Waals surface area contributed by atoms with Gasteiger partial charge in [0, 0.05) is 23.5 Å². The summed E-state index contributed by atoms with van der Waals surface area (Å²) in [6.45, 7) is 4.10. The Kier molecular flexibility index (Phi) is 8.66. The van der Waals surface area contributed by atoms with E-state index < -0.39 is 33.7 Å². The number of piperidine rings is 1. The van der Waals surface area contributed by atoms with Crippen LogP contribution in [-0.4, -0.2) is 57.3 Å². The molecule has 0 spiro atoms. The number of hydrogen-bond acceptors (Lipinski definition) is 8. The largest absolute Gasteiger partial charge is 0.385 e. The molecule has 4 amide bonds. The molecule has 10 nitrogen and oxygen atoms in total. The zero-order valence-corrected chi connectivity index (χ0v) is 23.8. The molecule has 0 saturated carbocycles. The van der Waals surface area contributed by atoms with Gasteiger partial charge in [0.1, 0.15) is 10.0 Å². The second kappa shape index (κ2) is 12.4. The molecule has 3 heterocycles. The van der Waals surface area contributed by atoms with E-state index in [0.717, 1.165) is 60.6 Å². The molecule has 0 unspecified atom stereocenters. The van der Waals surface area contributed by atoms with Gasteiger partial charge in [0.25, 0.3) is 15.9 Å². The molecule has 1 aromatic heterocycles. The van der Waals surface area contributed by atoms with E-state index in [1.54, 1.807) is 23.6 Å². The van der Waals surface area contributed by atoms with E-state index in [-0.39, 0.29) is 22.0 Å². The second-order valence-corrected chi connectivity index (χ2v) is 12.8. The normalized spacial score (nSPS) is 15.9. The van der Waals surface area contributed by atoms with Crippen LogP contribution in [0.3, 0.4) is 0 Å². The number of fused-ring (bicyclic) bond motifs is 1. The van der Waals surface area contributed by atoms with Crippen LogP contribution < -0.4 is 20.3 Å². The van der Waals surface area contributed by atoms with E-state index in [1.807, 2.05) is 4.72 Å². The smallest absolute Gasteiger partial charge is 0.333 e. The molecule has 0 atom stereocenters. The minimum Gasteiger partial charge on any atom is -0.385 e. The number of amides is 4. The van der Waals surface area contributed by atoms with Gasteiger partial charge in [-0.1, -0.05) is 12.5 Å². The third kappa shape index (κ3) is 6.75. The van der Waals surface area contributed by atoms with Crippen LogP contribution >= 0.6 is 11.3 Å². The van der Waals surface area contributed by atoms with Crippen molar-refractivity contribution in [3.63, 3.8) is 0 Å². The van der Waals surface area contributed by atoms with Crippen molar-refractivity contribution in [2.75, 3.05) is 41.7 Å². The molecule has 13 heteroatoms. The Hall–Kier alpha value is -3.81. The summed E-state index contributed by atoms with van der Waals surface area (Å²) in [4.78, 5) is 41.6. The summed E-state index contributed by atoms with van der Waals surface area (Å²) in [6.07, 6.45) is 4.72. The van der Waals surface area contributed by atoms with Crippen LogP contribution in [0.4, 0.5) is 26.2 Å². The van der Waals surface area contributed by atoms with E-state index in [1.165, 1.54) is 43.5 Å². The summed E-state index contributed by atoms with van der Waals surface area (Å²) in [5.41, 5.74) is 1.38. The monoisotopic (exact) mass is 599 g/mol. The molecule has 41 heavy (non-hydrogen) atoms. The van der Waals surface area contributed by atoms with Crippen LogP contribution in [0.1, 0.15) is 41.6 Å². The van der Waals surface area contributed by atoms with Gasteiger partial charge in [-0.3, -0.25) is 9.59 Å². The number of halogens is 1. The average molecular weight is 600 g/mol. The summed E-state index contributed by atoms with van der Waals surface area (Å²) < 4.78 is 41.3. The van der Waals surface area contributed by atoms with Crippen LogP contribution in [0.5, 0.6) is 0 Å². The molecular formula is C28H30FN5O5S2. The van der Waals surface area contributed by atoms with Gasteiger partial charge in [0.05, 0.1) is 12.1 Å². The lowest BCUT2D eigenvalue weighted by Crippen LogP contribution is -2.43. The van der Waals surface area contributed by atoms with Gasteiger partial charge in [-0.25, -0.2) is 27.2 Å². The summed E-state index contributed by atoms with van der Waals surface area (Å²) in [5.74, 6) is -2.16. The zero-order chi connectivity index (χ0) is 29.0. The van der Waals surface area contributed by atoms with E-state index in [0.29, 0.717) is 11.1 Å². The molecule has 5 rings (SSSR count). The summed E-state index contributed by atoms with van der Waals surface area (Å²) in [7, 11) is -4.07. The summed E-state index contributed by atoms with van der Waals surface area (Å²) in [6, 6.07) is 10.4. The molecule has 1 saturated heterocycles. The van der Waals surface area contributed by atoms with Crippen molar-refractivity contribution in [1.29, 1.82) is 0 Å². The van der Waals surface area contributed by atoms with Crippen molar-refractivity contribution in [3.05, 3.63) is 70.9 Å². The highest BCUT2D eigenvalue weighted by Crippen LogP contribution is 2.30. The third-order valence-corrected chi connectivity index (χ3v) is 9.72. The number of sulfonamides is 1. The molecule has 0 aliphatic carbocycles. The maximum absolute atomic E-state index is 15.1. The zero-order valence-electron chi connectivity index (χ0n) is 22.2. The predicted octanol–water partition coefficient (Wildman–Crippen LogP) is 4.42. The van der Waals surface area contributed by atoms with Crippen LogP contribution in [0, 0.1) is 5.82 Å². The van der Waals surface area contributed by atoms with Gasteiger partial charge in [0.15, 0.2) is 0 Å². The SMILES string of the molecule is O=C(Nc1ccc(N2C(=O)Cc3cc(NCCCN4CCCCC4)ccc3C2=O)c(F)c1)NS(=O)(=O)c1cccs1. The van der Waals surface area contributed by atoms with Crippen molar-refractivity contribution in [2.24, 2.45) is 0 Å². The number of carbonyl (C=O) groups excluding carboxylic acids is 3. The van der Waals surface area contributed by atoms with E-state index >= 15 is 4.39 Å². The molecule has 2 aliphatic rings. The van der Waals surface area contributed by atoms with Gasteiger partial charge in [0.2, 0.25) is 5.91 Å². The van der Waals surface area contributed by atoms with Gasteiger partial charge >= 0.3 is 6.03 Å². The second-order valence-electron chi connectivity index (χ2n) is 9.92. The average Bonchev–Trinajstić information content (AvgIpc) is 3.49. The first kappa shape index (κ1) is 28.7. The summed E-state index contributed by atoms with van der Waals surface area (Å²) >= 11 is 0.939. The minimum atomic E-state index is -4.07. The number of hydrogen-bond donors (Lipinski definition) is 3. The van der Waals surface area contributed by atoms with Crippen molar-refractivity contribution in [3.8, 4) is 0 Å². The van der Waals surface area contributed by atoms with Crippen molar-refractivity contribution in [2.45, 2.75) is 36.3 Å². The number of rotatable bonds is 9. The fourth-order valence-corrected chi connectivity index (χ4v) is 6.91. The van der Waals surface area contributed by atoms with Crippen LogP contribution in [-0.2, 0) is 21.2 Å². The van der Waals surface area contributed by atoms with Crippen molar-refractivity contribution in [1.82, 2.24) is 9.62 Å². The Morgan fingerprint density at radius 1 is 1.00 bits per heavy atom. The fraction of sp³-hybridized carbons (Fsp3) is 0.321. The molecule has 3 aromatic rings. The lowest BCUT2D eigenvalue weighted by molar-refractivity contribution is -0.117. The topological polar surface area (TPSA) is 128 Å². The van der Waals surface area contributed by atoms with Crippen LogP contribution in [0.25, 0.3) is 0 Å². The molecule has 2 aliphatic heterocycles. The molecule has 0 radical (unpaired) electrons. The van der Waals surface area contributed by atoms with E-state index in [4.69, 9.17) is 0 Å². The lowest BCUT2D eigenvalue weighted by atomic mass is 9.97. The predicted molar refractivity (Wildman–Crippen MR) is 155 cm³/mol. The number of imide groups is 1. The van der Waals surface area contributed by atoms with Gasteiger partial charge in [-0.15, -0.1) is 11.3 Å². The Morgan fingerprint density at radius 3 is 2.51 bits per heavy atom. The Labute approximate surface area is 241 Å². The summed E-state index contributed by atoms with van der Waals surface area (Å²) in [5, 5.41) is 7.16. The van der Waals surface area contributed by atoms with Crippen LogP contribution in [0.2, 0.25) is 0 Å². The molecular weight excluding hydrogens is 569 g/mol. The number of benzene rings is 2. The molecule has 216 valence electrons. The quantitative estimate of drug-likeness (QED) is 0.246. The number of nitrogens with zero attached hydrogens (tertiary/aromatic N) is 2. The maximum atomic E-state index is 15.1. The highest BCUT2D eigenvalue weighted by Gasteiger charge is 2.34. The number of urea groups is 1. The number of anilines is 3. The van der Waals surface area contributed by atoms with E-state index in [2.05, 4.69) is 15.5 Å². The number of likely N-dealkylation sites (tertiary alicyclic amines) is 1. The Bertz CT molecular complexity index is 1560. The Morgan fingerprint density at radius 2 is 1.78 bits per heavy atom. The van der Waals surface area contributed by atoms with Crippen molar-refractivity contribution < 1.29 is 27.2 Å². The maximum Gasteiger partial charge on any atom is 0.333 e. The first-order chi connectivity index (χ1) is 19.7. The first-order valence-electron chi connectivity index (χ1n) is 13.3. The minimum absolute atomic E-state index is 0.0488. The van der Waals surface area contributed by atoms with E-state index in [9.17, 15) is 22.8 Å². The molecule has 0 bridgehead atoms. The fourth-order valence-electron chi connectivity index (χ4n) is 5.01. The lowest BCUT2D eigenvalue weighted by Gasteiger charge is -2.28. The third-order valence-electron chi connectivity index (χ3n) is 6.99. The first-order valence-corrected chi connectivity index (χ1v) is 15.7. The number of carbonyl (C=O) groups is 3. The molecule has 2 aromatic carbocycles. The van der Waals surface area contributed by atoms with Crippen molar-refractivity contribution >= 4 is 56.3 Å². The molecule has 1 fully saturated rings. The van der Waals surface area contributed by atoms with Gasteiger partial charge in [-0.05, 0) is 92.3 Å². The van der Waals surface area contributed by atoms with Gasteiger partial charge in [-0.2, -0.15) is 0 Å². The standard InChI is InChI=1S/C28H30FN5O5S2/c29-23-18-21(31-28(37)32-41(38,39)26-6-4-15-40-26)8-10-24(23)34-25(35)17-19-16-20(7-9-22(19)27(34)36)30-11-5-14-33-12-2-1-3-13-33/h4,6-10,15-16,18,30H,1-3,5,11-14,17H2,(H2,31,32,37). The highest BCUT2D eigenvalue weighted by molar-refractivity contribution is 7.92. The highest BCUT2D eigenvalue weighted by atomic mass is 32.2. The molecule has 3 N–H and O–H groups in total. The Balaban J connectivity index is 1.21. The number of thiophene rings is 1. The number of nitrogens with one attached hydrogen (secondary N) is 3. The van der Waals surface area contributed by atoms with Crippen LogP contribution in [0.15, 0.2) is 58.1 Å². The van der Waals surface area contributed by atoms with Gasteiger partial charge < -0.3 is 15.5 Å².